The number of rotatable bonds is 11. The van der Waals surface area contributed by atoms with Gasteiger partial charge in [0.15, 0.2) is 17.3 Å². The van der Waals surface area contributed by atoms with E-state index in [-0.39, 0.29) is 19.0 Å². The van der Waals surface area contributed by atoms with Gasteiger partial charge in [-0.25, -0.2) is 0 Å². The topological polar surface area (TPSA) is 80.4 Å². The molecule has 0 spiro atoms. The van der Waals surface area contributed by atoms with Crippen LogP contribution < -0.4 is 14.4 Å². The highest BCUT2D eigenvalue weighted by Crippen LogP contribution is 2.28. The van der Waals surface area contributed by atoms with E-state index in [1.54, 1.807) is 18.2 Å². The third kappa shape index (κ3) is 6.67. The molecular weight excluding hydrogens is 346 g/mol. The fourth-order valence-electron chi connectivity index (χ4n) is 2.89. The number of aliphatic hydroxyl groups is 2. The number of carbonyl (C=O) groups excluding carboxylic acids is 1. The number of benzene rings is 2. The smallest absolute Gasteiger partial charge is 0.161 e. The van der Waals surface area contributed by atoms with Crippen molar-refractivity contribution in [3.8, 4) is 11.5 Å². The van der Waals surface area contributed by atoms with E-state index in [0.29, 0.717) is 30.2 Å². The van der Waals surface area contributed by atoms with Crippen LogP contribution in [-0.4, -0.2) is 55.5 Å². The van der Waals surface area contributed by atoms with Crippen LogP contribution >= 0.6 is 0 Å². The van der Waals surface area contributed by atoms with Crippen molar-refractivity contribution in [1.82, 2.24) is 0 Å². The Morgan fingerprint density at radius 3 is 2.52 bits per heavy atom. The van der Waals surface area contributed by atoms with Gasteiger partial charge >= 0.3 is 0 Å². The van der Waals surface area contributed by atoms with Crippen LogP contribution in [0.4, 0.5) is 0 Å². The normalized spacial score (nSPS) is 13.0. The maximum atomic E-state index is 11.5. The molecule has 0 amide bonds. The standard InChI is InChI=1S/C21H27NO5/c1-16(24)18-8-9-20(21(12-18)26-2)27-15-19(25)14-22(10-11-23)13-17-6-4-3-5-7-17/h3-9,12,19,23,25H,10-11,13-15H2,1-2H3/p+1/t19-/m0/s1. The summed E-state index contributed by atoms with van der Waals surface area (Å²) in [7, 11) is 1.51. The van der Waals surface area contributed by atoms with Crippen molar-refractivity contribution >= 4 is 5.78 Å². The van der Waals surface area contributed by atoms with Gasteiger partial charge in [-0.15, -0.1) is 0 Å². The highest BCUT2D eigenvalue weighted by Gasteiger charge is 2.17. The van der Waals surface area contributed by atoms with Crippen molar-refractivity contribution in [2.75, 3.05) is 33.4 Å². The highest BCUT2D eigenvalue weighted by molar-refractivity contribution is 5.94. The molecule has 0 aliphatic rings. The lowest BCUT2D eigenvalue weighted by Gasteiger charge is -2.22. The molecule has 0 saturated carbocycles. The molecule has 0 fully saturated rings. The molecule has 27 heavy (non-hydrogen) atoms. The van der Waals surface area contributed by atoms with Gasteiger partial charge in [-0.3, -0.25) is 4.79 Å². The minimum absolute atomic E-state index is 0.0517. The van der Waals surface area contributed by atoms with Crippen molar-refractivity contribution in [3.63, 3.8) is 0 Å². The largest absolute Gasteiger partial charge is 0.493 e. The molecule has 3 N–H and O–H groups in total. The summed E-state index contributed by atoms with van der Waals surface area (Å²) in [5.74, 6) is 0.885. The number of quaternary nitrogens is 1. The number of ketones is 1. The molecule has 6 heteroatoms. The summed E-state index contributed by atoms with van der Waals surface area (Å²) in [5.41, 5.74) is 1.69. The van der Waals surface area contributed by atoms with E-state index in [1.807, 2.05) is 30.3 Å². The van der Waals surface area contributed by atoms with Gasteiger partial charge in [-0.1, -0.05) is 30.3 Å². The molecule has 2 aromatic rings. The van der Waals surface area contributed by atoms with Crippen LogP contribution in [0.5, 0.6) is 11.5 Å². The van der Waals surface area contributed by atoms with Crippen LogP contribution in [0.15, 0.2) is 48.5 Å². The van der Waals surface area contributed by atoms with Gasteiger partial charge in [-0.05, 0) is 25.1 Å². The summed E-state index contributed by atoms with van der Waals surface area (Å²) in [4.78, 5) is 12.5. The molecule has 0 bridgehead atoms. The highest BCUT2D eigenvalue weighted by atomic mass is 16.5. The predicted molar refractivity (Wildman–Crippen MR) is 102 cm³/mol. The lowest BCUT2D eigenvalue weighted by atomic mass is 10.1. The molecule has 0 aromatic heterocycles. The fourth-order valence-corrected chi connectivity index (χ4v) is 2.89. The van der Waals surface area contributed by atoms with E-state index in [1.165, 1.54) is 14.0 Å². The maximum absolute atomic E-state index is 11.5. The van der Waals surface area contributed by atoms with Crippen LogP contribution in [0.25, 0.3) is 0 Å². The summed E-state index contributed by atoms with van der Waals surface area (Å²) < 4.78 is 11.0. The summed E-state index contributed by atoms with van der Waals surface area (Å²) in [6.07, 6.45) is -0.701. The number of hydrogen-bond donors (Lipinski definition) is 3. The zero-order chi connectivity index (χ0) is 19.6. The Kier molecular flexibility index (Phi) is 8.26. The monoisotopic (exact) mass is 374 g/mol. The molecule has 0 saturated heterocycles. The van der Waals surface area contributed by atoms with E-state index in [4.69, 9.17) is 9.47 Å². The third-order valence-corrected chi connectivity index (χ3v) is 4.29. The molecule has 0 radical (unpaired) electrons. The van der Waals surface area contributed by atoms with Crippen molar-refractivity contribution in [1.29, 1.82) is 0 Å². The van der Waals surface area contributed by atoms with Crippen molar-refractivity contribution in [2.24, 2.45) is 0 Å². The number of hydrogen-bond acceptors (Lipinski definition) is 5. The molecule has 146 valence electrons. The van der Waals surface area contributed by atoms with Gasteiger partial charge in [0, 0.05) is 11.1 Å². The molecule has 0 aliphatic heterocycles. The second-order valence-corrected chi connectivity index (χ2v) is 6.48. The van der Waals surface area contributed by atoms with Crippen LogP contribution in [-0.2, 0) is 6.54 Å². The van der Waals surface area contributed by atoms with Crippen LogP contribution in [0, 0.1) is 0 Å². The van der Waals surface area contributed by atoms with Crippen molar-refractivity contribution < 1.29 is 29.4 Å². The Morgan fingerprint density at radius 2 is 1.89 bits per heavy atom. The average Bonchev–Trinajstić information content (AvgIpc) is 2.67. The molecule has 1 unspecified atom stereocenters. The van der Waals surface area contributed by atoms with Crippen molar-refractivity contribution in [2.45, 2.75) is 19.6 Å². The fraction of sp³-hybridized carbons (Fsp3) is 0.381. The summed E-state index contributed by atoms with van der Waals surface area (Å²) in [6, 6.07) is 14.9. The number of nitrogens with one attached hydrogen (secondary N) is 1. The van der Waals surface area contributed by atoms with Crippen LogP contribution in [0.1, 0.15) is 22.8 Å². The molecular formula is C21H28NO5+. The lowest BCUT2D eigenvalue weighted by Crippen LogP contribution is -3.12. The van der Waals surface area contributed by atoms with E-state index < -0.39 is 6.10 Å². The molecule has 0 heterocycles. The second-order valence-electron chi connectivity index (χ2n) is 6.48. The van der Waals surface area contributed by atoms with E-state index >= 15 is 0 Å². The van der Waals surface area contributed by atoms with Gasteiger partial charge in [0.25, 0.3) is 0 Å². The quantitative estimate of drug-likeness (QED) is 0.505. The molecule has 2 atom stereocenters. The first-order valence-electron chi connectivity index (χ1n) is 9.01. The number of aliphatic hydroxyl groups excluding tert-OH is 2. The molecule has 2 aromatic carbocycles. The van der Waals surface area contributed by atoms with Crippen LogP contribution in [0.2, 0.25) is 0 Å². The van der Waals surface area contributed by atoms with E-state index in [0.717, 1.165) is 17.0 Å². The first-order chi connectivity index (χ1) is 13.0. The SMILES string of the molecule is COc1cc(C(C)=O)ccc1OC[C@@H](O)C[NH+](CCO)Cc1ccccc1. The van der Waals surface area contributed by atoms with Gasteiger partial charge < -0.3 is 24.6 Å². The summed E-state index contributed by atoms with van der Waals surface area (Å²) >= 11 is 0. The minimum atomic E-state index is -0.701. The average molecular weight is 374 g/mol. The second kappa shape index (κ2) is 10.7. The summed E-state index contributed by atoms with van der Waals surface area (Å²) in [6.45, 7) is 3.35. The number of Topliss-reactive ketones (excluding diaryl/α,β-unsaturated/α-hetero) is 1. The lowest BCUT2D eigenvalue weighted by molar-refractivity contribution is -0.917. The predicted octanol–water partition coefficient (Wildman–Crippen LogP) is 0.715. The number of ether oxygens (including phenoxy) is 2. The number of carbonyl (C=O) groups is 1. The van der Waals surface area contributed by atoms with Gasteiger partial charge in [0.1, 0.15) is 32.3 Å². The first-order valence-corrected chi connectivity index (χ1v) is 9.01. The Morgan fingerprint density at radius 1 is 1.15 bits per heavy atom. The van der Waals surface area contributed by atoms with Gasteiger partial charge in [0.2, 0.25) is 0 Å². The summed E-state index contributed by atoms with van der Waals surface area (Å²) in [5, 5.41) is 19.7. The molecule has 6 nitrogen and oxygen atoms in total. The number of methoxy groups -OCH3 is 1. The van der Waals surface area contributed by atoms with Crippen molar-refractivity contribution in [3.05, 3.63) is 59.7 Å². The van der Waals surface area contributed by atoms with Gasteiger partial charge in [-0.2, -0.15) is 0 Å². The zero-order valence-corrected chi connectivity index (χ0v) is 15.9. The Hall–Kier alpha value is -2.41. The van der Waals surface area contributed by atoms with E-state index in [9.17, 15) is 15.0 Å². The Labute approximate surface area is 160 Å². The maximum Gasteiger partial charge on any atom is 0.161 e. The van der Waals surface area contributed by atoms with Crippen LogP contribution in [0.3, 0.4) is 0 Å². The van der Waals surface area contributed by atoms with Gasteiger partial charge in [0.05, 0.1) is 13.7 Å². The molecule has 0 aliphatic carbocycles. The zero-order valence-electron chi connectivity index (χ0n) is 15.9. The Bertz CT molecular complexity index is 720. The first kappa shape index (κ1) is 20.9. The minimum Gasteiger partial charge on any atom is -0.493 e. The third-order valence-electron chi connectivity index (χ3n) is 4.29. The molecule has 2 rings (SSSR count). The van der Waals surface area contributed by atoms with E-state index in [2.05, 4.69) is 0 Å². The Balaban J connectivity index is 1.93.